The van der Waals surface area contributed by atoms with Gasteiger partial charge in [-0.1, -0.05) is 18.2 Å². The topological polar surface area (TPSA) is 103 Å². The van der Waals surface area contributed by atoms with E-state index in [1.807, 2.05) is 42.5 Å². The number of piperazine rings is 1. The van der Waals surface area contributed by atoms with Crippen LogP contribution in [0.5, 0.6) is 28.7 Å². The third-order valence-electron chi connectivity index (χ3n) is 9.64. The number of methoxy groups -OCH3 is 5. The zero-order chi connectivity index (χ0) is 32.5. The van der Waals surface area contributed by atoms with Gasteiger partial charge in [0.1, 0.15) is 18.4 Å². The number of benzene rings is 3. The number of carbonyl (C=O) groups is 1. The van der Waals surface area contributed by atoms with E-state index < -0.39 is 18.1 Å². The van der Waals surface area contributed by atoms with Gasteiger partial charge in [-0.3, -0.25) is 9.80 Å². The van der Waals surface area contributed by atoms with Crippen LogP contribution < -0.4 is 23.7 Å². The van der Waals surface area contributed by atoms with Gasteiger partial charge >= 0.3 is 5.97 Å². The molecule has 3 aromatic carbocycles. The predicted molar refractivity (Wildman–Crippen MR) is 172 cm³/mol. The van der Waals surface area contributed by atoms with Crippen LogP contribution in [-0.2, 0) is 22.4 Å². The molecule has 0 aliphatic carbocycles. The number of nitrogens with zero attached hydrogens (tertiary/aromatic N) is 3. The van der Waals surface area contributed by atoms with Crippen molar-refractivity contribution in [3.8, 4) is 34.8 Å². The van der Waals surface area contributed by atoms with Gasteiger partial charge in [-0.2, -0.15) is 5.26 Å². The fourth-order valence-corrected chi connectivity index (χ4v) is 7.52. The number of ether oxygens (including phenoxy) is 6. The number of rotatable bonds is 9. The van der Waals surface area contributed by atoms with Crippen LogP contribution in [0, 0.1) is 11.3 Å². The van der Waals surface area contributed by atoms with Gasteiger partial charge in [0, 0.05) is 23.7 Å². The normalized spacial score (nSPS) is 23.4. The van der Waals surface area contributed by atoms with Crippen LogP contribution in [-0.4, -0.2) is 83.1 Å². The average Bonchev–Trinajstić information content (AvgIpc) is 3.08. The minimum atomic E-state index is -0.486. The standard InChI is InChI=1S/C36H39N3O7/c1-38-26-13-23-16-32(43-4)34(45-6)18-25(23)36(38)27-14-22-15-31(42-3)33(44-5)17-24(22)29(39(27)28(26)19-37)20-46-35(40)12-11-21-9-7-8-10-30(21)41-2/h7-12,15-18,26-29,36H,13-14,20H2,1-6H3/b12-11+/t26-,27-,28-,29-,36+/m0/s1. The Balaban J connectivity index is 1.41. The third-order valence-corrected chi connectivity index (χ3v) is 9.64. The van der Waals surface area contributed by atoms with Crippen molar-refractivity contribution in [3.05, 3.63) is 82.4 Å². The first-order chi connectivity index (χ1) is 22.4. The van der Waals surface area contributed by atoms with Crippen molar-refractivity contribution in [2.45, 2.75) is 43.1 Å². The first kappa shape index (κ1) is 31.3. The van der Waals surface area contributed by atoms with Gasteiger partial charge in [-0.05, 0) is 78.6 Å². The Morgan fingerprint density at radius 3 is 2.02 bits per heavy atom. The van der Waals surface area contributed by atoms with Crippen LogP contribution in [0.1, 0.15) is 39.9 Å². The van der Waals surface area contributed by atoms with Gasteiger partial charge < -0.3 is 28.4 Å². The van der Waals surface area contributed by atoms with Crippen LogP contribution in [0.15, 0.2) is 54.6 Å². The van der Waals surface area contributed by atoms with Crippen molar-refractivity contribution in [3.63, 3.8) is 0 Å². The molecule has 2 bridgehead atoms. The first-order valence-corrected chi connectivity index (χ1v) is 15.2. The van der Waals surface area contributed by atoms with Gasteiger partial charge in [-0.25, -0.2) is 4.79 Å². The molecule has 0 unspecified atom stereocenters. The minimum Gasteiger partial charge on any atom is -0.496 e. The number of fused-ring (bicyclic) bond motifs is 7. The van der Waals surface area contributed by atoms with E-state index in [1.165, 1.54) is 6.08 Å². The first-order valence-electron chi connectivity index (χ1n) is 15.2. The summed E-state index contributed by atoms with van der Waals surface area (Å²) in [4.78, 5) is 17.7. The lowest BCUT2D eigenvalue weighted by atomic mass is 9.72. The summed E-state index contributed by atoms with van der Waals surface area (Å²) < 4.78 is 34.1. The van der Waals surface area contributed by atoms with Crippen LogP contribution >= 0.6 is 0 Å². The molecule has 3 heterocycles. The summed E-state index contributed by atoms with van der Waals surface area (Å²) in [5.74, 6) is 2.71. The predicted octanol–water partition coefficient (Wildman–Crippen LogP) is 4.76. The van der Waals surface area contributed by atoms with Gasteiger partial charge in [0.05, 0.1) is 53.7 Å². The second kappa shape index (κ2) is 12.9. The summed E-state index contributed by atoms with van der Waals surface area (Å²) in [6, 6.07) is 17.0. The monoisotopic (exact) mass is 625 g/mol. The molecule has 3 aliphatic heterocycles. The van der Waals surface area contributed by atoms with Gasteiger partial charge in [-0.15, -0.1) is 0 Å². The summed E-state index contributed by atoms with van der Waals surface area (Å²) in [5.41, 5.74) is 5.06. The summed E-state index contributed by atoms with van der Waals surface area (Å²) in [7, 11) is 10.2. The molecule has 0 radical (unpaired) electrons. The number of hydrogen-bond acceptors (Lipinski definition) is 10. The van der Waals surface area contributed by atoms with E-state index in [9.17, 15) is 10.1 Å². The van der Waals surface area contributed by atoms with Crippen LogP contribution in [0.3, 0.4) is 0 Å². The average molecular weight is 626 g/mol. The maximum Gasteiger partial charge on any atom is 0.330 e. The van der Waals surface area contributed by atoms with Crippen molar-refractivity contribution >= 4 is 12.0 Å². The molecule has 0 aromatic heterocycles. The van der Waals surface area contributed by atoms with E-state index in [-0.39, 0.29) is 24.7 Å². The maximum absolute atomic E-state index is 13.1. The van der Waals surface area contributed by atoms with Crippen molar-refractivity contribution in [2.75, 3.05) is 49.2 Å². The highest BCUT2D eigenvalue weighted by molar-refractivity contribution is 5.87. The lowest BCUT2D eigenvalue weighted by Gasteiger charge is -2.59. The molecule has 1 saturated heterocycles. The Bertz CT molecular complexity index is 1700. The van der Waals surface area contributed by atoms with Crippen LogP contribution in [0.2, 0.25) is 0 Å². The zero-order valence-corrected chi connectivity index (χ0v) is 27.0. The number of esters is 1. The molecule has 3 aromatic rings. The molecule has 1 fully saturated rings. The molecule has 0 saturated carbocycles. The molecule has 0 amide bonds. The van der Waals surface area contributed by atoms with E-state index in [2.05, 4.69) is 29.0 Å². The number of nitriles is 1. The zero-order valence-electron chi connectivity index (χ0n) is 27.0. The van der Waals surface area contributed by atoms with Gasteiger partial charge in [0.25, 0.3) is 0 Å². The van der Waals surface area contributed by atoms with Crippen LogP contribution in [0.25, 0.3) is 6.08 Å². The van der Waals surface area contributed by atoms with Crippen molar-refractivity contribution in [1.82, 2.24) is 9.80 Å². The molecule has 3 aliphatic rings. The second-order valence-electron chi connectivity index (χ2n) is 11.7. The van der Waals surface area contributed by atoms with E-state index in [0.29, 0.717) is 41.6 Å². The molecule has 10 heteroatoms. The lowest BCUT2D eigenvalue weighted by molar-refractivity contribution is -0.143. The number of hydrogen-bond donors (Lipinski definition) is 0. The molecule has 10 nitrogen and oxygen atoms in total. The Hall–Kier alpha value is -4.72. The Morgan fingerprint density at radius 2 is 1.39 bits per heavy atom. The van der Waals surface area contributed by atoms with Crippen LogP contribution in [0.4, 0.5) is 0 Å². The fourth-order valence-electron chi connectivity index (χ4n) is 7.52. The fraction of sp³-hybridized carbons (Fsp3) is 0.389. The summed E-state index contributed by atoms with van der Waals surface area (Å²) >= 11 is 0. The lowest BCUT2D eigenvalue weighted by Crippen LogP contribution is -2.68. The minimum absolute atomic E-state index is 0.0498. The molecule has 0 N–H and O–H groups in total. The summed E-state index contributed by atoms with van der Waals surface area (Å²) in [5, 5.41) is 10.7. The van der Waals surface area contributed by atoms with Gasteiger partial charge in [0.15, 0.2) is 23.0 Å². The molecular formula is C36H39N3O7. The molecule has 240 valence electrons. The Morgan fingerprint density at radius 1 is 0.826 bits per heavy atom. The summed E-state index contributed by atoms with van der Waals surface area (Å²) in [6.07, 6.45) is 4.41. The summed E-state index contributed by atoms with van der Waals surface area (Å²) in [6.45, 7) is 0.0498. The van der Waals surface area contributed by atoms with E-state index in [0.717, 1.165) is 27.8 Å². The Kier molecular flexibility index (Phi) is 8.80. The van der Waals surface area contributed by atoms with E-state index >= 15 is 0 Å². The number of carbonyl (C=O) groups excluding carboxylic acids is 1. The molecule has 46 heavy (non-hydrogen) atoms. The van der Waals surface area contributed by atoms with E-state index in [4.69, 9.17) is 28.4 Å². The highest BCUT2D eigenvalue weighted by Gasteiger charge is 2.54. The van der Waals surface area contributed by atoms with E-state index in [1.54, 1.807) is 41.6 Å². The molecule has 6 rings (SSSR count). The SMILES string of the molecule is COc1ccccc1/C=C/C(=O)OC[C@H]1c2cc(OC)c(OC)cc2C[C@H]2[C@H]3c4cc(OC)c(OC)cc4C[C@@H]([C@H](C#N)N12)N3C. The number of para-hydroxylation sites is 1. The van der Waals surface area contributed by atoms with Gasteiger partial charge in [0.2, 0.25) is 0 Å². The largest absolute Gasteiger partial charge is 0.496 e. The quantitative estimate of drug-likeness (QED) is 0.244. The number of likely N-dealkylation sites (N-methyl/N-ethyl adjacent to an activating group) is 1. The molecule has 5 atom stereocenters. The van der Waals surface area contributed by atoms with Crippen molar-refractivity contribution < 1.29 is 33.2 Å². The van der Waals surface area contributed by atoms with Crippen molar-refractivity contribution in [2.24, 2.45) is 0 Å². The molecule has 0 spiro atoms. The Labute approximate surface area is 269 Å². The molecular weight excluding hydrogens is 586 g/mol. The third kappa shape index (κ3) is 5.29. The highest BCUT2D eigenvalue weighted by atomic mass is 16.5. The smallest absolute Gasteiger partial charge is 0.330 e. The maximum atomic E-state index is 13.1. The second-order valence-corrected chi connectivity index (χ2v) is 11.7. The highest BCUT2D eigenvalue weighted by Crippen LogP contribution is 2.52. The van der Waals surface area contributed by atoms with Crippen molar-refractivity contribution in [1.29, 1.82) is 5.26 Å².